The van der Waals surface area contributed by atoms with Gasteiger partial charge in [0.2, 0.25) is 0 Å². The van der Waals surface area contributed by atoms with Crippen LogP contribution in [0.5, 0.6) is 0 Å². The van der Waals surface area contributed by atoms with E-state index in [-0.39, 0.29) is 5.41 Å². The van der Waals surface area contributed by atoms with E-state index in [9.17, 15) is 0 Å². The topological polar surface area (TPSA) is 54.7 Å². The van der Waals surface area contributed by atoms with Crippen LogP contribution in [0, 0.1) is 0 Å². The van der Waals surface area contributed by atoms with Crippen LogP contribution in [0.2, 0.25) is 5.02 Å². The quantitative estimate of drug-likeness (QED) is 0.865. The number of hydrogen-bond acceptors (Lipinski definition) is 2. The number of anilines is 1. The predicted molar refractivity (Wildman–Crippen MR) is 79.3 cm³/mol. The number of nitrogens with zero attached hydrogens (tertiary/aromatic N) is 1. The van der Waals surface area contributed by atoms with E-state index in [0.717, 1.165) is 16.1 Å². The molecule has 100 valence electrons. The van der Waals surface area contributed by atoms with Gasteiger partial charge >= 0.3 is 0 Å². The molecule has 1 heterocycles. The van der Waals surface area contributed by atoms with Crippen LogP contribution in [0.3, 0.4) is 0 Å². The summed E-state index contributed by atoms with van der Waals surface area (Å²) in [6.07, 6.45) is 4.93. The summed E-state index contributed by atoms with van der Waals surface area (Å²) in [5, 5.41) is 8.12. The molecule has 3 N–H and O–H groups in total. The fourth-order valence-corrected chi connectivity index (χ4v) is 3.23. The molecule has 0 unspecified atom stereocenters. The molecule has 1 saturated carbocycles. The maximum absolute atomic E-state index is 6.06. The lowest BCUT2D eigenvalue weighted by Crippen LogP contribution is -2.18. The average Bonchev–Trinajstić information content (AvgIpc) is 2.98. The monoisotopic (exact) mass is 275 g/mol. The van der Waals surface area contributed by atoms with Gasteiger partial charge in [0.1, 0.15) is 0 Å². The van der Waals surface area contributed by atoms with Gasteiger partial charge in [-0.2, -0.15) is 5.10 Å². The number of H-pyrrole nitrogens is 1. The predicted octanol–water partition coefficient (Wildman–Crippen LogP) is 4.14. The molecule has 1 fully saturated rings. The molecule has 0 bridgehead atoms. The van der Waals surface area contributed by atoms with E-state index in [1.807, 2.05) is 24.3 Å². The molecule has 0 radical (unpaired) electrons. The van der Waals surface area contributed by atoms with Gasteiger partial charge in [-0.1, -0.05) is 43.5 Å². The molecule has 0 aliphatic heterocycles. The van der Waals surface area contributed by atoms with Crippen molar-refractivity contribution >= 4 is 17.4 Å². The molecule has 1 aliphatic carbocycles. The fraction of sp³-hybridized carbons (Fsp3) is 0.400. The first-order valence-corrected chi connectivity index (χ1v) is 7.08. The molecule has 1 aliphatic rings. The summed E-state index contributed by atoms with van der Waals surface area (Å²) in [6.45, 7) is 2.30. The minimum atomic E-state index is 0.166. The summed E-state index contributed by atoms with van der Waals surface area (Å²) >= 11 is 5.95. The molecular formula is C15H18ClN3. The first kappa shape index (κ1) is 12.5. The standard InChI is InChI=1S/C15H18ClN3/c1-15(8-2-3-9-15)13-12(14(17)19-18-13)10-4-6-11(16)7-5-10/h4-7H,2-3,8-9H2,1H3,(H3,17,18,19). The Kier molecular flexibility index (Phi) is 3.02. The Labute approximate surface area is 118 Å². The van der Waals surface area contributed by atoms with Crippen LogP contribution in [0.4, 0.5) is 5.82 Å². The van der Waals surface area contributed by atoms with Gasteiger partial charge in [-0.3, -0.25) is 5.10 Å². The molecule has 1 aromatic carbocycles. The SMILES string of the molecule is CC1(c2[nH]nc(N)c2-c2ccc(Cl)cc2)CCCC1. The molecule has 4 heteroatoms. The number of nitrogens with two attached hydrogens (primary N) is 1. The van der Waals surface area contributed by atoms with Crippen LogP contribution in [0.15, 0.2) is 24.3 Å². The number of nitrogen functional groups attached to an aromatic ring is 1. The summed E-state index contributed by atoms with van der Waals surface area (Å²) in [5.41, 5.74) is 9.52. The van der Waals surface area contributed by atoms with Gasteiger partial charge in [-0.15, -0.1) is 0 Å². The third-order valence-electron chi connectivity index (χ3n) is 4.24. The third kappa shape index (κ3) is 2.12. The van der Waals surface area contributed by atoms with Gasteiger partial charge in [0, 0.05) is 16.0 Å². The van der Waals surface area contributed by atoms with Gasteiger partial charge < -0.3 is 5.73 Å². The summed E-state index contributed by atoms with van der Waals surface area (Å²) in [7, 11) is 0. The maximum atomic E-state index is 6.06. The zero-order valence-electron chi connectivity index (χ0n) is 11.0. The second-order valence-corrected chi connectivity index (χ2v) is 6.07. The lowest BCUT2D eigenvalue weighted by Gasteiger charge is -2.23. The minimum absolute atomic E-state index is 0.166. The first-order valence-electron chi connectivity index (χ1n) is 6.70. The van der Waals surface area contributed by atoms with Gasteiger partial charge in [0.05, 0.1) is 5.69 Å². The van der Waals surface area contributed by atoms with Crippen molar-refractivity contribution in [3.05, 3.63) is 35.0 Å². The molecule has 0 spiro atoms. The van der Waals surface area contributed by atoms with Crippen molar-refractivity contribution in [2.45, 2.75) is 38.0 Å². The van der Waals surface area contributed by atoms with Gasteiger partial charge in [0.25, 0.3) is 0 Å². The molecule has 0 saturated heterocycles. The van der Waals surface area contributed by atoms with Crippen LogP contribution in [-0.2, 0) is 5.41 Å². The normalized spacial score (nSPS) is 17.8. The second kappa shape index (κ2) is 4.57. The Morgan fingerprint density at radius 3 is 2.47 bits per heavy atom. The smallest absolute Gasteiger partial charge is 0.153 e. The first-order chi connectivity index (χ1) is 9.10. The van der Waals surface area contributed by atoms with Gasteiger partial charge in [-0.25, -0.2) is 0 Å². The van der Waals surface area contributed by atoms with Gasteiger partial charge in [-0.05, 0) is 30.5 Å². The Morgan fingerprint density at radius 1 is 1.21 bits per heavy atom. The lowest BCUT2D eigenvalue weighted by atomic mass is 9.81. The Balaban J connectivity index is 2.11. The Morgan fingerprint density at radius 2 is 1.84 bits per heavy atom. The Hall–Kier alpha value is -1.48. The summed E-state index contributed by atoms with van der Waals surface area (Å²) in [6, 6.07) is 7.80. The van der Waals surface area contributed by atoms with Crippen molar-refractivity contribution in [1.82, 2.24) is 10.2 Å². The van der Waals surface area contributed by atoms with Crippen LogP contribution in [-0.4, -0.2) is 10.2 Å². The van der Waals surface area contributed by atoms with Crippen molar-refractivity contribution in [3.63, 3.8) is 0 Å². The summed E-state index contributed by atoms with van der Waals surface area (Å²) in [5.74, 6) is 0.574. The average molecular weight is 276 g/mol. The van der Waals surface area contributed by atoms with Crippen molar-refractivity contribution in [2.75, 3.05) is 5.73 Å². The van der Waals surface area contributed by atoms with Crippen molar-refractivity contribution in [1.29, 1.82) is 0 Å². The van der Waals surface area contributed by atoms with E-state index in [2.05, 4.69) is 17.1 Å². The number of halogens is 1. The molecular weight excluding hydrogens is 258 g/mol. The highest BCUT2D eigenvalue weighted by molar-refractivity contribution is 6.30. The van der Waals surface area contributed by atoms with Crippen LogP contribution in [0.25, 0.3) is 11.1 Å². The van der Waals surface area contributed by atoms with E-state index in [1.165, 1.54) is 31.4 Å². The maximum Gasteiger partial charge on any atom is 0.153 e. The Bertz CT molecular complexity index is 580. The zero-order valence-corrected chi connectivity index (χ0v) is 11.8. The molecule has 1 aromatic heterocycles. The number of benzene rings is 1. The third-order valence-corrected chi connectivity index (χ3v) is 4.49. The number of aromatic nitrogens is 2. The van der Waals surface area contributed by atoms with Crippen molar-refractivity contribution in [3.8, 4) is 11.1 Å². The highest BCUT2D eigenvalue weighted by Gasteiger charge is 2.35. The highest BCUT2D eigenvalue weighted by atomic mass is 35.5. The summed E-state index contributed by atoms with van der Waals surface area (Å²) < 4.78 is 0. The van der Waals surface area contributed by atoms with Gasteiger partial charge in [0.15, 0.2) is 5.82 Å². The number of nitrogens with one attached hydrogen (secondary N) is 1. The van der Waals surface area contributed by atoms with E-state index in [0.29, 0.717) is 5.82 Å². The molecule has 19 heavy (non-hydrogen) atoms. The van der Waals surface area contributed by atoms with Crippen molar-refractivity contribution in [2.24, 2.45) is 0 Å². The van der Waals surface area contributed by atoms with E-state index >= 15 is 0 Å². The van der Waals surface area contributed by atoms with Crippen LogP contribution >= 0.6 is 11.6 Å². The fourth-order valence-electron chi connectivity index (χ4n) is 3.11. The van der Waals surface area contributed by atoms with E-state index < -0.39 is 0 Å². The summed E-state index contributed by atoms with van der Waals surface area (Å²) in [4.78, 5) is 0. The highest BCUT2D eigenvalue weighted by Crippen LogP contribution is 2.45. The molecule has 3 nitrogen and oxygen atoms in total. The molecule has 3 rings (SSSR count). The minimum Gasteiger partial charge on any atom is -0.382 e. The van der Waals surface area contributed by atoms with E-state index in [1.54, 1.807) is 0 Å². The number of hydrogen-bond donors (Lipinski definition) is 2. The molecule has 2 aromatic rings. The number of aromatic amines is 1. The molecule has 0 atom stereocenters. The van der Waals surface area contributed by atoms with Crippen molar-refractivity contribution < 1.29 is 0 Å². The zero-order chi connectivity index (χ0) is 13.5. The molecule has 0 amide bonds. The lowest BCUT2D eigenvalue weighted by molar-refractivity contribution is 0.476. The van der Waals surface area contributed by atoms with E-state index in [4.69, 9.17) is 17.3 Å². The van der Waals surface area contributed by atoms with Crippen LogP contribution in [0.1, 0.15) is 38.3 Å². The second-order valence-electron chi connectivity index (χ2n) is 5.63. The number of rotatable bonds is 2. The largest absolute Gasteiger partial charge is 0.382 e. The van der Waals surface area contributed by atoms with Crippen LogP contribution < -0.4 is 5.73 Å².